The quantitative estimate of drug-likeness (QED) is 0.629. The van der Waals surface area contributed by atoms with Gasteiger partial charge in [0.1, 0.15) is 5.65 Å². The van der Waals surface area contributed by atoms with Gasteiger partial charge in [-0.15, -0.1) is 0 Å². The number of fused-ring (bicyclic) bond motifs is 1. The van der Waals surface area contributed by atoms with Crippen LogP contribution in [-0.4, -0.2) is 36.8 Å². The first-order chi connectivity index (χ1) is 12.7. The zero-order valence-corrected chi connectivity index (χ0v) is 16.6. The van der Waals surface area contributed by atoms with Gasteiger partial charge >= 0.3 is 5.97 Å². The van der Waals surface area contributed by atoms with Crippen LogP contribution in [0.15, 0.2) is 41.4 Å². The molecule has 1 aromatic carbocycles. The molecule has 0 spiro atoms. The predicted octanol–water partition coefficient (Wildman–Crippen LogP) is 3.28. The fourth-order valence-electron chi connectivity index (χ4n) is 3.20. The summed E-state index contributed by atoms with van der Waals surface area (Å²) >= 11 is 0. The fraction of sp³-hybridized carbons (Fsp3) is 0.300. The van der Waals surface area contributed by atoms with E-state index in [1.807, 2.05) is 30.5 Å². The standard InChI is InChI=1S/C20H22N2O4S/c1-5-26-20(23)18-14(3)22(19-17(18)7-6-10-21-19)12-15-8-9-16(11-13(15)2)27(4,24)25/h6-11H,5,12H2,1-4H3. The average molecular weight is 386 g/mol. The highest BCUT2D eigenvalue weighted by atomic mass is 32.2. The molecule has 7 heteroatoms. The Kier molecular flexibility index (Phi) is 5.06. The molecule has 142 valence electrons. The number of nitrogens with zero attached hydrogens (tertiary/aromatic N) is 2. The molecule has 0 aliphatic rings. The van der Waals surface area contributed by atoms with Gasteiger partial charge in [0.25, 0.3) is 0 Å². The zero-order chi connectivity index (χ0) is 19.8. The Morgan fingerprint density at radius 2 is 1.96 bits per heavy atom. The van der Waals surface area contributed by atoms with Crippen molar-refractivity contribution in [1.82, 2.24) is 9.55 Å². The molecule has 0 amide bonds. The number of rotatable bonds is 5. The minimum atomic E-state index is -3.25. The molecule has 0 aliphatic heterocycles. The van der Waals surface area contributed by atoms with Crippen LogP contribution < -0.4 is 0 Å². The highest BCUT2D eigenvalue weighted by Gasteiger charge is 2.22. The average Bonchev–Trinajstić information content (AvgIpc) is 2.88. The molecule has 0 fully saturated rings. The highest BCUT2D eigenvalue weighted by molar-refractivity contribution is 7.90. The van der Waals surface area contributed by atoms with Gasteiger partial charge in [0.05, 0.1) is 17.1 Å². The molecule has 0 atom stereocenters. The molecule has 3 aromatic rings. The predicted molar refractivity (Wildman–Crippen MR) is 104 cm³/mol. The Morgan fingerprint density at radius 3 is 2.59 bits per heavy atom. The van der Waals surface area contributed by atoms with Crippen molar-refractivity contribution in [1.29, 1.82) is 0 Å². The molecule has 0 bridgehead atoms. The molecular formula is C20H22N2O4S. The highest BCUT2D eigenvalue weighted by Crippen LogP contribution is 2.27. The minimum absolute atomic E-state index is 0.295. The lowest BCUT2D eigenvalue weighted by molar-refractivity contribution is 0.0527. The molecule has 0 saturated carbocycles. The third-order valence-electron chi connectivity index (χ3n) is 4.63. The number of hydrogen-bond donors (Lipinski definition) is 0. The number of esters is 1. The Balaban J connectivity index is 2.11. The lowest BCUT2D eigenvalue weighted by Gasteiger charge is -2.12. The van der Waals surface area contributed by atoms with Gasteiger partial charge in [-0.1, -0.05) is 6.07 Å². The fourth-order valence-corrected chi connectivity index (χ4v) is 3.90. The second kappa shape index (κ2) is 7.15. The number of ether oxygens (including phenoxy) is 1. The van der Waals surface area contributed by atoms with Crippen molar-refractivity contribution in [2.75, 3.05) is 12.9 Å². The van der Waals surface area contributed by atoms with Crippen molar-refractivity contribution in [2.24, 2.45) is 0 Å². The molecule has 3 rings (SSSR count). The summed E-state index contributed by atoms with van der Waals surface area (Å²) in [6.45, 7) is 6.31. The number of carbonyl (C=O) groups excluding carboxylic acids is 1. The van der Waals surface area contributed by atoms with Gasteiger partial charge in [-0.25, -0.2) is 18.2 Å². The van der Waals surface area contributed by atoms with E-state index in [-0.39, 0.29) is 5.97 Å². The first-order valence-corrected chi connectivity index (χ1v) is 10.5. The van der Waals surface area contributed by atoms with Crippen molar-refractivity contribution >= 4 is 26.8 Å². The molecule has 2 aromatic heterocycles. The first-order valence-electron chi connectivity index (χ1n) is 8.64. The zero-order valence-electron chi connectivity index (χ0n) is 15.8. The maximum absolute atomic E-state index is 12.4. The molecule has 6 nitrogen and oxygen atoms in total. The molecular weight excluding hydrogens is 364 g/mol. The van der Waals surface area contributed by atoms with Crippen LogP contribution >= 0.6 is 0 Å². The van der Waals surface area contributed by atoms with E-state index in [4.69, 9.17) is 4.74 Å². The summed E-state index contributed by atoms with van der Waals surface area (Å²) < 4.78 is 30.7. The minimum Gasteiger partial charge on any atom is -0.462 e. The molecule has 0 saturated heterocycles. The van der Waals surface area contributed by atoms with E-state index < -0.39 is 9.84 Å². The first kappa shape index (κ1) is 19.1. The van der Waals surface area contributed by atoms with Gasteiger partial charge < -0.3 is 9.30 Å². The molecule has 0 radical (unpaired) electrons. The smallest absolute Gasteiger partial charge is 0.340 e. The molecule has 27 heavy (non-hydrogen) atoms. The lowest BCUT2D eigenvalue weighted by atomic mass is 10.1. The van der Waals surface area contributed by atoms with Gasteiger partial charge in [0, 0.05) is 30.1 Å². The summed E-state index contributed by atoms with van der Waals surface area (Å²) in [6, 6.07) is 8.74. The number of aromatic nitrogens is 2. The Bertz CT molecular complexity index is 1130. The summed E-state index contributed by atoms with van der Waals surface area (Å²) in [4.78, 5) is 17.2. The van der Waals surface area contributed by atoms with Crippen LogP contribution in [0.2, 0.25) is 0 Å². The number of carbonyl (C=O) groups is 1. The molecule has 0 aliphatic carbocycles. The van der Waals surface area contributed by atoms with Crippen molar-refractivity contribution in [3.05, 3.63) is 58.9 Å². The van der Waals surface area contributed by atoms with E-state index in [1.54, 1.807) is 31.3 Å². The van der Waals surface area contributed by atoms with Gasteiger partial charge in [-0.3, -0.25) is 0 Å². The number of aryl methyl sites for hydroxylation is 1. The number of sulfone groups is 1. The van der Waals surface area contributed by atoms with E-state index in [2.05, 4.69) is 4.98 Å². The molecule has 2 heterocycles. The molecule has 0 unspecified atom stereocenters. The second-order valence-corrected chi connectivity index (χ2v) is 8.52. The van der Waals surface area contributed by atoms with E-state index in [9.17, 15) is 13.2 Å². The SMILES string of the molecule is CCOC(=O)c1c(C)n(Cc2ccc(S(C)(=O)=O)cc2C)c2ncccc12. The van der Waals surface area contributed by atoms with Crippen molar-refractivity contribution in [3.8, 4) is 0 Å². The van der Waals surface area contributed by atoms with Gasteiger partial charge in [0.2, 0.25) is 0 Å². The van der Waals surface area contributed by atoms with Crippen LogP contribution in [0.4, 0.5) is 0 Å². The molecule has 0 N–H and O–H groups in total. The van der Waals surface area contributed by atoms with Crippen molar-refractivity contribution < 1.29 is 17.9 Å². The lowest BCUT2D eigenvalue weighted by Crippen LogP contribution is -2.09. The monoisotopic (exact) mass is 386 g/mol. The topological polar surface area (TPSA) is 78.3 Å². The van der Waals surface area contributed by atoms with Crippen LogP contribution in [0.3, 0.4) is 0 Å². The van der Waals surface area contributed by atoms with Gasteiger partial charge in [-0.2, -0.15) is 0 Å². The number of pyridine rings is 1. The normalized spacial score (nSPS) is 11.7. The summed E-state index contributed by atoms with van der Waals surface area (Å²) in [5.41, 5.74) is 3.82. The summed E-state index contributed by atoms with van der Waals surface area (Å²) in [7, 11) is -3.25. The number of benzene rings is 1. The third-order valence-corrected chi connectivity index (χ3v) is 5.74. The van der Waals surface area contributed by atoms with Crippen LogP contribution in [0, 0.1) is 13.8 Å². The van der Waals surface area contributed by atoms with E-state index >= 15 is 0 Å². The van der Waals surface area contributed by atoms with E-state index in [1.165, 1.54) is 6.26 Å². The van der Waals surface area contributed by atoms with Gasteiger partial charge in [0.15, 0.2) is 9.84 Å². The Labute approximate surface area is 158 Å². The Hall–Kier alpha value is -2.67. The Morgan fingerprint density at radius 1 is 1.22 bits per heavy atom. The largest absolute Gasteiger partial charge is 0.462 e. The maximum atomic E-state index is 12.4. The maximum Gasteiger partial charge on any atom is 0.340 e. The second-order valence-electron chi connectivity index (χ2n) is 6.50. The summed E-state index contributed by atoms with van der Waals surface area (Å²) in [5.74, 6) is -0.365. The van der Waals surface area contributed by atoms with E-state index in [0.717, 1.165) is 22.2 Å². The van der Waals surface area contributed by atoms with Crippen molar-refractivity contribution in [3.63, 3.8) is 0 Å². The van der Waals surface area contributed by atoms with E-state index in [0.29, 0.717) is 29.3 Å². The van der Waals surface area contributed by atoms with Crippen molar-refractivity contribution in [2.45, 2.75) is 32.2 Å². The number of hydrogen-bond acceptors (Lipinski definition) is 5. The summed E-state index contributed by atoms with van der Waals surface area (Å²) in [5, 5.41) is 0.749. The van der Waals surface area contributed by atoms with Gasteiger partial charge in [-0.05, 0) is 56.2 Å². The van der Waals surface area contributed by atoms with Crippen LogP contribution in [0.1, 0.15) is 34.1 Å². The summed E-state index contributed by atoms with van der Waals surface area (Å²) in [6.07, 6.45) is 2.88. The van der Waals surface area contributed by atoms with Crippen LogP contribution in [0.25, 0.3) is 11.0 Å². The third kappa shape index (κ3) is 3.60. The van der Waals surface area contributed by atoms with Crippen LogP contribution in [-0.2, 0) is 21.1 Å². The van der Waals surface area contributed by atoms with Crippen LogP contribution in [0.5, 0.6) is 0 Å².